The fourth-order valence-electron chi connectivity index (χ4n) is 2.44. The lowest BCUT2D eigenvalue weighted by atomic mass is 9.85. The first-order valence-corrected chi connectivity index (χ1v) is 6.60. The van der Waals surface area contributed by atoms with Gasteiger partial charge in [-0.15, -0.1) is 0 Å². The zero-order valence-electron chi connectivity index (χ0n) is 11.8. The number of hydrogen-bond donors (Lipinski definition) is 0. The molecule has 100 valence electrons. The molecular formula is C14H26FNO. The molecule has 1 heterocycles. The van der Waals surface area contributed by atoms with E-state index in [0.717, 1.165) is 25.8 Å². The van der Waals surface area contributed by atoms with Crippen molar-refractivity contribution in [1.29, 1.82) is 0 Å². The Bertz CT molecular complexity index is 275. The minimum absolute atomic E-state index is 0.120. The van der Waals surface area contributed by atoms with Crippen LogP contribution in [0.5, 0.6) is 0 Å². The normalized spacial score (nSPS) is 19.9. The molecule has 0 unspecified atom stereocenters. The van der Waals surface area contributed by atoms with Crippen molar-refractivity contribution in [3.63, 3.8) is 0 Å². The molecule has 0 bridgehead atoms. The van der Waals surface area contributed by atoms with Crippen molar-refractivity contribution in [2.75, 3.05) is 6.54 Å². The van der Waals surface area contributed by atoms with Crippen LogP contribution in [0.3, 0.4) is 0 Å². The molecule has 0 N–H and O–H groups in total. The number of carbonyl (C=O) groups excluding carboxylic acids is 1. The van der Waals surface area contributed by atoms with Gasteiger partial charge in [-0.3, -0.25) is 4.79 Å². The highest BCUT2D eigenvalue weighted by Crippen LogP contribution is 2.31. The molecule has 1 aliphatic rings. The Labute approximate surface area is 105 Å². The number of rotatable bonds is 4. The smallest absolute Gasteiger partial charge is 0.222 e. The van der Waals surface area contributed by atoms with Crippen LogP contribution < -0.4 is 0 Å². The Morgan fingerprint density at radius 1 is 1.29 bits per heavy atom. The van der Waals surface area contributed by atoms with E-state index >= 15 is 0 Å². The Balaban J connectivity index is 2.71. The topological polar surface area (TPSA) is 20.3 Å². The maximum Gasteiger partial charge on any atom is 0.222 e. The van der Waals surface area contributed by atoms with E-state index in [0.29, 0.717) is 6.42 Å². The summed E-state index contributed by atoms with van der Waals surface area (Å²) in [6.45, 7) is 10.4. The van der Waals surface area contributed by atoms with Crippen LogP contribution in [0.1, 0.15) is 60.3 Å². The quantitative estimate of drug-likeness (QED) is 0.739. The summed E-state index contributed by atoms with van der Waals surface area (Å²) < 4.78 is 14.3. The number of alkyl halides is 1. The van der Waals surface area contributed by atoms with E-state index < -0.39 is 5.67 Å². The van der Waals surface area contributed by atoms with Crippen molar-refractivity contribution in [1.82, 2.24) is 4.90 Å². The van der Waals surface area contributed by atoms with Gasteiger partial charge < -0.3 is 4.90 Å². The second-order valence-corrected chi connectivity index (χ2v) is 6.87. The Morgan fingerprint density at radius 2 is 1.88 bits per heavy atom. The van der Waals surface area contributed by atoms with Crippen LogP contribution in [0.2, 0.25) is 0 Å². The van der Waals surface area contributed by atoms with Crippen molar-refractivity contribution in [3.05, 3.63) is 0 Å². The fourth-order valence-corrected chi connectivity index (χ4v) is 2.44. The van der Waals surface area contributed by atoms with Crippen LogP contribution in [0, 0.1) is 5.41 Å². The molecule has 1 saturated heterocycles. The molecule has 0 aromatic carbocycles. The molecule has 3 heteroatoms. The summed E-state index contributed by atoms with van der Waals surface area (Å²) in [5.74, 6) is 0.120. The van der Waals surface area contributed by atoms with Crippen LogP contribution in [-0.4, -0.2) is 29.1 Å². The highest BCUT2D eigenvalue weighted by Gasteiger charge is 2.38. The lowest BCUT2D eigenvalue weighted by molar-refractivity contribution is -0.132. The monoisotopic (exact) mass is 243 g/mol. The lowest BCUT2D eigenvalue weighted by Gasteiger charge is -2.36. The molecule has 17 heavy (non-hydrogen) atoms. The van der Waals surface area contributed by atoms with Gasteiger partial charge in [-0.1, -0.05) is 20.8 Å². The standard InChI is InChI=1S/C14H26FNO/c1-13(2,3)9-8-11(14(4,5)15)16-10-6-7-12(16)17/h11H,6-10H2,1-5H3/t11-/m0/s1. The van der Waals surface area contributed by atoms with Crippen LogP contribution in [0.25, 0.3) is 0 Å². The second-order valence-electron chi connectivity index (χ2n) is 6.87. The lowest BCUT2D eigenvalue weighted by Crippen LogP contribution is -2.48. The average molecular weight is 243 g/mol. The molecule has 0 radical (unpaired) electrons. The van der Waals surface area contributed by atoms with E-state index in [9.17, 15) is 9.18 Å². The SMILES string of the molecule is CC(C)(C)CC[C@H](N1CCCC1=O)C(C)(C)F. The Hall–Kier alpha value is -0.600. The third kappa shape index (κ3) is 4.29. The van der Waals surface area contributed by atoms with Gasteiger partial charge in [0.05, 0.1) is 6.04 Å². The van der Waals surface area contributed by atoms with E-state index in [-0.39, 0.29) is 17.4 Å². The predicted octanol–water partition coefficient (Wildman–Crippen LogP) is 3.55. The molecule has 0 aromatic heterocycles. The van der Waals surface area contributed by atoms with Gasteiger partial charge in [0.1, 0.15) is 5.67 Å². The van der Waals surface area contributed by atoms with Gasteiger partial charge >= 0.3 is 0 Å². The molecule has 1 rings (SSSR count). The average Bonchev–Trinajstić information content (AvgIpc) is 2.48. The van der Waals surface area contributed by atoms with E-state index in [1.807, 2.05) is 0 Å². The molecular weight excluding hydrogens is 217 g/mol. The summed E-state index contributed by atoms with van der Waals surface area (Å²) in [6, 6.07) is -0.267. The third-order valence-corrected chi connectivity index (χ3v) is 3.45. The van der Waals surface area contributed by atoms with Crippen molar-refractivity contribution in [2.45, 2.75) is 72.0 Å². The molecule has 0 spiro atoms. The minimum Gasteiger partial charge on any atom is -0.337 e. The van der Waals surface area contributed by atoms with Gasteiger partial charge in [-0.2, -0.15) is 0 Å². The molecule has 1 amide bonds. The highest BCUT2D eigenvalue weighted by molar-refractivity contribution is 5.78. The third-order valence-electron chi connectivity index (χ3n) is 3.45. The molecule has 0 aromatic rings. The van der Waals surface area contributed by atoms with E-state index in [1.165, 1.54) is 0 Å². The summed E-state index contributed by atoms with van der Waals surface area (Å²) >= 11 is 0. The van der Waals surface area contributed by atoms with E-state index in [2.05, 4.69) is 20.8 Å². The number of hydrogen-bond acceptors (Lipinski definition) is 1. The van der Waals surface area contributed by atoms with Gasteiger partial charge in [0, 0.05) is 13.0 Å². The highest BCUT2D eigenvalue weighted by atomic mass is 19.1. The minimum atomic E-state index is -1.31. The van der Waals surface area contributed by atoms with Crippen molar-refractivity contribution >= 4 is 5.91 Å². The second kappa shape index (κ2) is 4.95. The number of carbonyl (C=O) groups is 1. The van der Waals surface area contributed by atoms with Crippen LogP contribution in [0.4, 0.5) is 4.39 Å². The van der Waals surface area contributed by atoms with Crippen LogP contribution in [-0.2, 0) is 4.79 Å². The first-order valence-electron chi connectivity index (χ1n) is 6.60. The van der Waals surface area contributed by atoms with Crippen molar-refractivity contribution in [2.24, 2.45) is 5.41 Å². The molecule has 1 aliphatic heterocycles. The molecule has 1 atom stereocenters. The summed E-state index contributed by atoms with van der Waals surface area (Å²) in [4.78, 5) is 13.5. The Kier molecular flexibility index (Phi) is 4.21. The number of amides is 1. The van der Waals surface area contributed by atoms with Gasteiger partial charge in [-0.05, 0) is 38.5 Å². The molecule has 2 nitrogen and oxygen atoms in total. The zero-order valence-corrected chi connectivity index (χ0v) is 11.8. The first kappa shape index (κ1) is 14.5. The first-order chi connectivity index (χ1) is 7.61. The number of nitrogens with zero attached hydrogens (tertiary/aromatic N) is 1. The predicted molar refractivity (Wildman–Crippen MR) is 68.6 cm³/mol. The zero-order chi connectivity index (χ0) is 13.3. The van der Waals surface area contributed by atoms with Gasteiger partial charge in [0.25, 0.3) is 0 Å². The summed E-state index contributed by atoms with van der Waals surface area (Å²) in [7, 11) is 0. The molecule has 1 fully saturated rings. The van der Waals surface area contributed by atoms with Crippen LogP contribution >= 0.6 is 0 Å². The summed E-state index contributed by atoms with van der Waals surface area (Å²) in [5, 5.41) is 0. The molecule has 0 saturated carbocycles. The number of halogens is 1. The van der Waals surface area contributed by atoms with Crippen molar-refractivity contribution in [3.8, 4) is 0 Å². The van der Waals surface area contributed by atoms with Crippen molar-refractivity contribution < 1.29 is 9.18 Å². The summed E-state index contributed by atoms with van der Waals surface area (Å²) in [6.07, 6.45) is 3.15. The number of likely N-dealkylation sites (tertiary alicyclic amines) is 1. The van der Waals surface area contributed by atoms with Gasteiger partial charge in [0.2, 0.25) is 5.91 Å². The maximum absolute atomic E-state index is 14.3. The van der Waals surface area contributed by atoms with Gasteiger partial charge in [-0.25, -0.2) is 4.39 Å². The Morgan fingerprint density at radius 3 is 2.24 bits per heavy atom. The van der Waals surface area contributed by atoms with Gasteiger partial charge in [0.15, 0.2) is 0 Å². The van der Waals surface area contributed by atoms with Crippen LogP contribution in [0.15, 0.2) is 0 Å². The maximum atomic E-state index is 14.3. The van der Waals surface area contributed by atoms with E-state index in [1.54, 1.807) is 18.7 Å². The largest absolute Gasteiger partial charge is 0.337 e. The molecule has 0 aliphatic carbocycles. The summed E-state index contributed by atoms with van der Waals surface area (Å²) in [5.41, 5.74) is -1.13. The van der Waals surface area contributed by atoms with E-state index in [4.69, 9.17) is 0 Å². The fraction of sp³-hybridized carbons (Fsp3) is 0.929.